The average molecular weight is 345 g/mol. The topological polar surface area (TPSA) is 81.3 Å². The predicted octanol–water partition coefficient (Wildman–Crippen LogP) is 3.11. The van der Waals surface area contributed by atoms with Crippen molar-refractivity contribution in [3.8, 4) is 0 Å². The molecule has 7 nitrogen and oxygen atoms in total. The Hall–Kier alpha value is -2.55. The summed E-state index contributed by atoms with van der Waals surface area (Å²) < 4.78 is 26.1. The maximum atomic E-state index is 12.8. The molecular formula is C13H11ClF2N4O3. The van der Waals surface area contributed by atoms with E-state index >= 15 is 0 Å². The van der Waals surface area contributed by atoms with Gasteiger partial charge in [0.05, 0.1) is 22.1 Å². The Balaban J connectivity index is 2.20. The monoisotopic (exact) mass is 344 g/mol. The van der Waals surface area contributed by atoms with Gasteiger partial charge in [-0.05, 0) is 6.07 Å². The predicted molar refractivity (Wildman–Crippen MR) is 77.4 cm³/mol. The first-order chi connectivity index (χ1) is 10.8. The van der Waals surface area contributed by atoms with Gasteiger partial charge < -0.3 is 4.90 Å². The molecule has 0 fully saturated rings. The van der Waals surface area contributed by atoms with E-state index in [0.717, 1.165) is 23.2 Å². The van der Waals surface area contributed by atoms with Crippen LogP contribution in [0.5, 0.6) is 0 Å². The van der Waals surface area contributed by atoms with Gasteiger partial charge in [0.15, 0.2) is 0 Å². The summed E-state index contributed by atoms with van der Waals surface area (Å²) in [5, 5.41) is 10.6. The fourth-order valence-electron chi connectivity index (χ4n) is 1.92. The molecule has 1 aromatic heterocycles. The van der Waals surface area contributed by atoms with Crippen LogP contribution in [0.2, 0.25) is 5.02 Å². The third-order valence-electron chi connectivity index (χ3n) is 3.08. The molecule has 2 rings (SSSR count). The number of non-ortho nitro benzene ring substituents is 1. The molecular weight excluding hydrogens is 334 g/mol. The van der Waals surface area contributed by atoms with E-state index in [0.29, 0.717) is 4.57 Å². The van der Waals surface area contributed by atoms with Crippen molar-refractivity contribution >= 4 is 23.2 Å². The molecule has 1 amide bonds. The first-order valence-corrected chi connectivity index (χ1v) is 6.68. The van der Waals surface area contributed by atoms with Crippen molar-refractivity contribution in [1.29, 1.82) is 0 Å². The Kier molecular flexibility index (Phi) is 4.89. The maximum Gasteiger partial charge on any atom is 0.319 e. The van der Waals surface area contributed by atoms with E-state index in [-0.39, 0.29) is 28.6 Å². The summed E-state index contributed by atoms with van der Waals surface area (Å²) in [5.74, 6) is -0.553. The van der Waals surface area contributed by atoms with Gasteiger partial charge in [0.2, 0.25) is 0 Å². The van der Waals surface area contributed by atoms with Crippen LogP contribution in [-0.4, -0.2) is 32.3 Å². The number of nitro groups is 1. The van der Waals surface area contributed by atoms with E-state index in [4.69, 9.17) is 11.6 Å². The van der Waals surface area contributed by atoms with Crippen LogP contribution >= 0.6 is 11.6 Å². The Labute approximate surface area is 134 Å². The molecule has 10 heteroatoms. The number of hydrogen-bond donors (Lipinski definition) is 0. The molecule has 0 saturated carbocycles. The molecule has 0 spiro atoms. The molecule has 0 N–H and O–H groups in total. The average Bonchev–Trinajstić information content (AvgIpc) is 2.94. The van der Waals surface area contributed by atoms with E-state index in [1.165, 1.54) is 19.3 Å². The summed E-state index contributed by atoms with van der Waals surface area (Å²) in [4.78, 5) is 27.2. The van der Waals surface area contributed by atoms with Crippen LogP contribution < -0.4 is 0 Å². The highest BCUT2D eigenvalue weighted by Gasteiger charge is 2.20. The van der Waals surface area contributed by atoms with Gasteiger partial charge in [-0.3, -0.25) is 19.5 Å². The van der Waals surface area contributed by atoms with Gasteiger partial charge in [-0.15, -0.1) is 0 Å². The number of carbonyl (C=O) groups excluding carboxylic acids is 1. The molecule has 0 atom stereocenters. The number of alkyl halides is 2. The number of benzene rings is 1. The van der Waals surface area contributed by atoms with Gasteiger partial charge in [-0.25, -0.2) is 4.98 Å². The zero-order chi connectivity index (χ0) is 17.1. The molecule has 0 aliphatic heterocycles. The zero-order valence-electron chi connectivity index (χ0n) is 11.8. The molecule has 2 aromatic rings. The lowest BCUT2D eigenvalue weighted by Crippen LogP contribution is -2.28. The van der Waals surface area contributed by atoms with Gasteiger partial charge in [-0.1, -0.05) is 11.6 Å². The Morgan fingerprint density at radius 3 is 2.78 bits per heavy atom. The van der Waals surface area contributed by atoms with Crippen LogP contribution in [0, 0.1) is 10.1 Å². The Morgan fingerprint density at radius 1 is 1.52 bits per heavy atom. The lowest BCUT2D eigenvalue weighted by Gasteiger charge is -2.18. The van der Waals surface area contributed by atoms with E-state index in [1.807, 2.05) is 0 Å². The van der Waals surface area contributed by atoms with Crippen LogP contribution in [0.15, 0.2) is 30.6 Å². The minimum absolute atomic E-state index is 0.00823. The summed E-state index contributed by atoms with van der Waals surface area (Å²) in [6.07, 6.45) is 2.32. The van der Waals surface area contributed by atoms with Crippen molar-refractivity contribution in [1.82, 2.24) is 14.5 Å². The number of carbonyl (C=O) groups is 1. The maximum absolute atomic E-state index is 12.8. The summed E-state index contributed by atoms with van der Waals surface area (Å²) in [6, 6.07) is 3.43. The number of nitrogens with zero attached hydrogens (tertiary/aromatic N) is 4. The lowest BCUT2D eigenvalue weighted by atomic mass is 10.2. The lowest BCUT2D eigenvalue weighted by molar-refractivity contribution is -0.384. The zero-order valence-corrected chi connectivity index (χ0v) is 12.6. The Bertz CT molecular complexity index is 751. The van der Waals surface area contributed by atoms with Crippen molar-refractivity contribution in [2.45, 2.75) is 13.1 Å². The van der Waals surface area contributed by atoms with Crippen LogP contribution in [0.25, 0.3) is 0 Å². The third-order valence-corrected chi connectivity index (χ3v) is 3.39. The van der Waals surface area contributed by atoms with Crippen molar-refractivity contribution in [3.63, 3.8) is 0 Å². The molecule has 122 valence electrons. The second kappa shape index (κ2) is 6.69. The van der Waals surface area contributed by atoms with Crippen molar-refractivity contribution < 1.29 is 18.5 Å². The van der Waals surface area contributed by atoms with Gasteiger partial charge in [-0.2, -0.15) is 8.78 Å². The van der Waals surface area contributed by atoms with Gasteiger partial charge in [0, 0.05) is 31.6 Å². The summed E-state index contributed by atoms with van der Waals surface area (Å²) in [6.45, 7) is -2.93. The van der Waals surface area contributed by atoms with Gasteiger partial charge >= 0.3 is 6.55 Å². The van der Waals surface area contributed by atoms with E-state index < -0.39 is 17.4 Å². The number of rotatable bonds is 5. The Morgan fingerprint density at radius 2 is 2.22 bits per heavy atom. The van der Waals surface area contributed by atoms with Crippen molar-refractivity contribution in [2.24, 2.45) is 0 Å². The van der Waals surface area contributed by atoms with Gasteiger partial charge in [0.1, 0.15) is 5.82 Å². The number of imidazole rings is 1. The highest BCUT2D eigenvalue weighted by molar-refractivity contribution is 6.34. The van der Waals surface area contributed by atoms with Crippen LogP contribution in [0.3, 0.4) is 0 Å². The smallest absolute Gasteiger partial charge is 0.319 e. The molecule has 0 aliphatic rings. The summed E-state index contributed by atoms with van der Waals surface area (Å²) in [7, 11) is 1.39. The quantitative estimate of drug-likeness (QED) is 0.616. The molecule has 0 aliphatic carbocycles. The number of hydrogen-bond acceptors (Lipinski definition) is 4. The van der Waals surface area contributed by atoms with E-state index in [1.54, 1.807) is 0 Å². The molecule has 1 heterocycles. The molecule has 0 bridgehead atoms. The van der Waals surface area contributed by atoms with Gasteiger partial charge in [0.25, 0.3) is 11.6 Å². The fraction of sp³-hybridized carbons (Fsp3) is 0.231. The first kappa shape index (κ1) is 16.8. The fourth-order valence-corrected chi connectivity index (χ4v) is 2.18. The van der Waals surface area contributed by atoms with Crippen LogP contribution in [-0.2, 0) is 6.54 Å². The SMILES string of the molecule is CN(Cc1nccn1C(F)F)C(=O)c1ccc([N+](=O)[O-])cc1Cl. The molecule has 23 heavy (non-hydrogen) atoms. The molecule has 1 aromatic carbocycles. The second-order valence-electron chi connectivity index (χ2n) is 4.61. The standard InChI is InChI=1S/C13H11ClF2N4O3/c1-18(7-11-17-4-5-19(11)13(15)16)12(21)9-3-2-8(20(22)23)6-10(9)14/h2-6,13H,7H2,1H3. The minimum Gasteiger partial charge on any atom is -0.334 e. The molecule has 0 unspecified atom stereocenters. The first-order valence-electron chi connectivity index (χ1n) is 6.30. The van der Waals surface area contributed by atoms with Crippen LogP contribution in [0.4, 0.5) is 14.5 Å². The number of halogens is 3. The highest BCUT2D eigenvalue weighted by atomic mass is 35.5. The third kappa shape index (κ3) is 3.62. The highest BCUT2D eigenvalue weighted by Crippen LogP contribution is 2.24. The molecule has 0 radical (unpaired) electrons. The van der Waals surface area contributed by atoms with E-state index in [9.17, 15) is 23.7 Å². The number of aromatic nitrogens is 2. The van der Waals surface area contributed by atoms with E-state index in [2.05, 4.69) is 4.98 Å². The van der Waals surface area contributed by atoms with Crippen LogP contribution in [0.1, 0.15) is 22.7 Å². The minimum atomic E-state index is -2.76. The van der Waals surface area contributed by atoms with Crippen molar-refractivity contribution in [2.75, 3.05) is 7.05 Å². The molecule has 0 saturated heterocycles. The second-order valence-corrected chi connectivity index (χ2v) is 5.02. The number of amides is 1. The number of nitro benzene ring substituents is 1. The normalized spacial score (nSPS) is 10.8. The summed E-state index contributed by atoms with van der Waals surface area (Å²) >= 11 is 5.88. The summed E-state index contributed by atoms with van der Waals surface area (Å²) in [5.41, 5.74) is -0.211. The largest absolute Gasteiger partial charge is 0.334 e. The van der Waals surface area contributed by atoms with Crippen molar-refractivity contribution in [3.05, 3.63) is 57.1 Å².